The molecule has 3 rings (SSSR count). The lowest BCUT2D eigenvalue weighted by Crippen LogP contribution is -2.34. The third kappa shape index (κ3) is 5.68. The minimum Gasteiger partial charge on any atom is -0.494 e. The standard InChI is InChI=1S/C21H24N2O4S/c1-2-25-16-8-5-7-15(13-16)20(24)23-21(28)22-18-10-3-4-11-19(18)27-14-17-9-6-12-26-17/h3-5,7-8,10-11,13,17H,2,6,9,12,14H2,1H3,(H2,22,23,24,28). The second-order valence-electron chi connectivity index (χ2n) is 6.31. The van der Waals surface area contributed by atoms with Crippen LogP contribution >= 0.6 is 12.2 Å². The zero-order valence-corrected chi connectivity index (χ0v) is 16.6. The van der Waals surface area contributed by atoms with Crippen molar-refractivity contribution in [2.75, 3.05) is 25.1 Å². The van der Waals surface area contributed by atoms with Gasteiger partial charge >= 0.3 is 0 Å². The number of thiocarbonyl (C=S) groups is 1. The monoisotopic (exact) mass is 400 g/mol. The maximum atomic E-state index is 12.4. The number of carbonyl (C=O) groups excluding carboxylic acids is 1. The van der Waals surface area contributed by atoms with Gasteiger partial charge in [-0.3, -0.25) is 10.1 Å². The fourth-order valence-electron chi connectivity index (χ4n) is 2.88. The number of benzene rings is 2. The van der Waals surface area contributed by atoms with Crippen molar-refractivity contribution in [2.24, 2.45) is 0 Å². The third-order valence-corrected chi connectivity index (χ3v) is 4.42. The number of nitrogens with one attached hydrogen (secondary N) is 2. The van der Waals surface area contributed by atoms with Crippen molar-refractivity contribution in [3.05, 3.63) is 54.1 Å². The lowest BCUT2D eigenvalue weighted by atomic mass is 10.2. The van der Waals surface area contributed by atoms with Gasteiger partial charge in [0.15, 0.2) is 5.11 Å². The van der Waals surface area contributed by atoms with Crippen LogP contribution in [0.4, 0.5) is 5.69 Å². The Morgan fingerprint density at radius 1 is 1.21 bits per heavy atom. The average molecular weight is 401 g/mol. The molecule has 148 valence electrons. The summed E-state index contributed by atoms with van der Waals surface area (Å²) in [6, 6.07) is 14.4. The summed E-state index contributed by atoms with van der Waals surface area (Å²) in [6.07, 6.45) is 2.19. The normalized spacial score (nSPS) is 15.7. The molecule has 0 aliphatic carbocycles. The molecular formula is C21H24N2O4S. The van der Waals surface area contributed by atoms with Crippen LogP contribution < -0.4 is 20.1 Å². The molecule has 2 aromatic carbocycles. The highest BCUT2D eigenvalue weighted by molar-refractivity contribution is 7.80. The number of anilines is 1. The van der Waals surface area contributed by atoms with Gasteiger partial charge in [0.25, 0.3) is 5.91 Å². The molecule has 1 aliphatic rings. The summed E-state index contributed by atoms with van der Waals surface area (Å²) in [4.78, 5) is 12.4. The van der Waals surface area contributed by atoms with Crippen molar-refractivity contribution in [2.45, 2.75) is 25.9 Å². The summed E-state index contributed by atoms with van der Waals surface area (Å²) in [5.74, 6) is 0.992. The summed E-state index contributed by atoms with van der Waals surface area (Å²) in [7, 11) is 0. The van der Waals surface area contributed by atoms with Crippen LogP contribution in [0, 0.1) is 0 Å². The Hall–Kier alpha value is -2.64. The first kappa shape index (κ1) is 20.1. The molecule has 2 aromatic rings. The van der Waals surface area contributed by atoms with E-state index in [4.69, 9.17) is 26.4 Å². The third-order valence-electron chi connectivity index (χ3n) is 4.22. The van der Waals surface area contributed by atoms with E-state index in [1.165, 1.54) is 0 Å². The molecule has 0 radical (unpaired) electrons. The molecule has 1 fully saturated rings. The molecule has 6 nitrogen and oxygen atoms in total. The number of rotatable bonds is 7. The van der Waals surface area contributed by atoms with Gasteiger partial charge in [0, 0.05) is 12.2 Å². The molecule has 7 heteroatoms. The second-order valence-corrected chi connectivity index (χ2v) is 6.72. The topological polar surface area (TPSA) is 68.8 Å². The Kier molecular flexibility index (Phi) is 7.22. The first-order valence-corrected chi connectivity index (χ1v) is 9.75. The van der Waals surface area contributed by atoms with Crippen LogP contribution in [0.15, 0.2) is 48.5 Å². The van der Waals surface area contributed by atoms with Gasteiger partial charge in [-0.05, 0) is 62.3 Å². The van der Waals surface area contributed by atoms with E-state index in [1.54, 1.807) is 24.3 Å². The molecule has 1 unspecified atom stereocenters. The van der Waals surface area contributed by atoms with Gasteiger partial charge < -0.3 is 19.5 Å². The van der Waals surface area contributed by atoms with Crippen molar-refractivity contribution in [1.29, 1.82) is 0 Å². The van der Waals surface area contributed by atoms with Crippen LogP contribution in [0.2, 0.25) is 0 Å². The smallest absolute Gasteiger partial charge is 0.257 e. The second kappa shape index (κ2) is 10.1. The number of carbonyl (C=O) groups is 1. The average Bonchev–Trinajstić information content (AvgIpc) is 3.21. The van der Waals surface area contributed by atoms with Crippen molar-refractivity contribution < 1.29 is 19.0 Å². The molecule has 1 atom stereocenters. The number of hydrogen-bond donors (Lipinski definition) is 2. The fraction of sp³-hybridized carbons (Fsp3) is 0.333. The summed E-state index contributed by atoms with van der Waals surface area (Å²) < 4.78 is 16.9. The molecule has 2 N–H and O–H groups in total. The maximum Gasteiger partial charge on any atom is 0.257 e. The summed E-state index contributed by atoms with van der Waals surface area (Å²) >= 11 is 5.29. The highest BCUT2D eigenvalue weighted by atomic mass is 32.1. The predicted octanol–water partition coefficient (Wildman–Crippen LogP) is 3.77. The maximum absolute atomic E-state index is 12.4. The van der Waals surface area contributed by atoms with Crippen molar-refractivity contribution in [3.63, 3.8) is 0 Å². The fourth-order valence-corrected chi connectivity index (χ4v) is 3.08. The Labute approximate surface area is 170 Å². The first-order valence-electron chi connectivity index (χ1n) is 9.34. The summed E-state index contributed by atoms with van der Waals surface area (Å²) in [5, 5.41) is 5.91. The Balaban J connectivity index is 1.58. The van der Waals surface area contributed by atoms with Gasteiger partial charge in [0.05, 0.1) is 18.4 Å². The van der Waals surface area contributed by atoms with E-state index >= 15 is 0 Å². The molecule has 1 amide bonds. The zero-order valence-electron chi connectivity index (χ0n) is 15.8. The highest BCUT2D eigenvalue weighted by Crippen LogP contribution is 2.25. The number of amides is 1. The van der Waals surface area contributed by atoms with Crippen molar-refractivity contribution in [3.8, 4) is 11.5 Å². The van der Waals surface area contributed by atoms with Crippen LogP contribution in [-0.2, 0) is 4.74 Å². The summed E-state index contributed by atoms with van der Waals surface area (Å²) in [6.45, 7) is 3.70. The lowest BCUT2D eigenvalue weighted by Gasteiger charge is -2.16. The molecule has 1 saturated heterocycles. The van der Waals surface area contributed by atoms with E-state index in [0.717, 1.165) is 19.4 Å². The Morgan fingerprint density at radius 3 is 2.86 bits per heavy atom. The minimum atomic E-state index is -0.309. The van der Waals surface area contributed by atoms with Crippen LogP contribution in [0.3, 0.4) is 0 Å². The largest absolute Gasteiger partial charge is 0.494 e. The van der Waals surface area contributed by atoms with E-state index in [-0.39, 0.29) is 17.1 Å². The van der Waals surface area contributed by atoms with Crippen molar-refractivity contribution >= 4 is 28.9 Å². The molecule has 1 heterocycles. The quantitative estimate of drug-likeness (QED) is 0.690. The van der Waals surface area contributed by atoms with Crippen LogP contribution in [0.25, 0.3) is 0 Å². The van der Waals surface area contributed by atoms with Gasteiger partial charge in [-0.15, -0.1) is 0 Å². The molecule has 0 spiro atoms. The number of para-hydroxylation sites is 2. The SMILES string of the molecule is CCOc1cccc(C(=O)NC(=S)Nc2ccccc2OCC2CCCO2)c1. The van der Waals surface area contributed by atoms with Crippen LogP contribution in [0.1, 0.15) is 30.1 Å². The van der Waals surface area contributed by atoms with Gasteiger partial charge in [-0.25, -0.2) is 0 Å². The minimum absolute atomic E-state index is 0.123. The summed E-state index contributed by atoms with van der Waals surface area (Å²) in [5.41, 5.74) is 1.16. The molecule has 0 bridgehead atoms. The zero-order chi connectivity index (χ0) is 19.8. The van der Waals surface area contributed by atoms with E-state index in [2.05, 4.69) is 10.6 Å². The van der Waals surface area contributed by atoms with Gasteiger partial charge in [0.1, 0.15) is 18.1 Å². The highest BCUT2D eigenvalue weighted by Gasteiger charge is 2.17. The van der Waals surface area contributed by atoms with Crippen LogP contribution in [0.5, 0.6) is 11.5 Å². The predicted molar refractivity (Wildman–Crippen MR) is 112 cm³/mol. The van der Waals surface area contributed by atoms with Crippen molar-refractivity contribution in [1.82, 2.24) is 5.32 Å². The van der Waals surface area contributed by atoms with E-state index in [0.29, 0.717) is 36.0 Å². The molecule has 1 aliphatic heterocycles. The van der Waals surface area contributed by atoms with Crippen LogP contribution in [-0.4, -0.2) is 36.9 Å². The van der Waals surface area contributed by atoms with E-state index in [1.807, 2.05) is 31.2 Å². The molecule has 0 aromatic heterocycles. The Bertz CT molecular complexity index is 822. The van der Waals surface area contributed by atoms with Gasteiger partial charge in [0.2, 0.25) is 0 Å². The molecule has 0 saturated carbocycles. The molecular weight excluding hydrogens is 376 g/mol. The number of hydrogen-bond acceptors (Lipinski definition) is 5. The molecule has 28 heavy (non-hydrogen) atoms. The van der Waals surface area contributed by atoms with E-state index in [9.17, 15) is 4.79 Å². The lowest BCUT2D eigenvalue weighted by molar-refractivity contribution is 0.0682. The Morgan fingerprint density at radius 2 is 2.07 bits per heavy atom. The van der Waals surface area contributed by atoms with E-state index < -0.39 is 0 Å². The van der Waals surface area contributed by atoms with Gasteiger partial charge in [-0.1, -0.05) is 18.2 Å². The first-order chi connectivity index (χ1) is 13.7. The number of ether oxygens (including phenoxy) is 3. The van der Waals surface area contributed by atoms with Gasteiger partial charge in [-0.2, -0.15) is 0 Å².